The van der Waals surface area contributed by atoms with E-state index in [0.29, 0.717) is 32.2 Å². The van der Waals surface area contributed by atoms with Crippen LogP contribution in [0, 0.1) is 13.8 Å². The molecule has 0 atom stereocenters. The Morgan fingerprint density at radius 1 is 1.06 bits per heavy atom. The molecule has 0 heterocycles. The molecular weight excluding hydrogens is 505 g/mol. The summed E-state index contributed by atoms with van der Waals surface area (Å²) in [5.74, 6) is -0.774. The molecule has 0 bridgehead atoms. The molecule has 0 spiro atoms. The van der Waals surface area contributed by atoms with Crippen molar-refractivity contribution in [3.63, 3.8) is 0 Å². The van der Waals surface area contributed by atoms with E-state index in [1.54, 1.807) is 38.1 Å². The molecule has 0 aliphatic rings. The number of rotatable bonds is 7. The first-order valence-electron chi connectivity index (χ1n) is 10.2. The molecule has 0 fully saturated rings. The summed E-state index contributed by atoms with van der Waals surface area (Å²) in [5, 5.41) is 3.03. The third-order valence-corrected chi connectivity index (χ3v) is 7.13. The van der Waals surface area contributed by atoms with Gasteiger partial charge >= 0.3 is 6.18 Å². The molecule has 186 valence electrons. The van der Waals surface area contributed by atoms with Crippen LogP contribution in [0.2, 0.25) is 5.02 Å². The van der Waals surface area contributed by atoms with Crippen molar-refractivity contribution < 1.29 is 31.1 Å². The van der Waals surface area contributed by atoms with E-state index in [1.165, 1.54) is 25.3 Å². The van der Waals surface area contributed by atoms with Gasteiger partial charge in [-0.2, -0.15) is 13.2 Å². The van der Waals surface area contributed by atoms with E-state index in [1.807, 2.05) is 0 Å². The van der Waals surface area contributed by atoms with Gasteiger partial charge in [-0.15, -0.1) is 0 Å². The predicted octanol–water partition coefficient (Wildman–Crippen LogP) is 5.82. The maximum Gasteiger partial charge on any atom is 0.416 e. The molecule has 3 aromatic rings. The van der Waals surface area contributed by atoms with Crippen LogP contribution < -0.4 is 14.4 Å². The summed E-state index contributed by atoms with van der Waals surface area (Å²) in [4.78, 5) is 12.6. The van der Waals surface area contributed by atoms with E-state index >= 15 is 0 Å². The molecule has 6 nitrogen and oxygen atoms in total. The van der Waals surface area contributed by atoms with E-state index in [2.05, 4.69) is 5.32 Å². The number of methoxy groups -OCH3 is 1. The topological polar surface area (TPSA) is 75.7 Å². The van der Waals surface area contributed by atoms with Crippen molar-refractivity contribution in [2.75, 3.05) is 23.3 Å². The monoisotopic (exact) mass is 526 g/mol. The van der Waals surface area contributed by atoms with E-state index in [9.17, 15) is 26.4 Å². The normalized spacial score (nSPS) is 11.7. The van der Waals surface area contributed by atoms with Gasteiger partial charge in [-0.3, -0.25) is 9.10 Å². The molecule has 1 N–H and O–H groups in total. The lowest BCUT2D eigenvalue weighted by Gasteiger charge is -2.26. The Hall–Kier alpha value is -3.24. The summed E-state index contributed by atoms with van der Waals surface area (Å²) < 4.78 is 73.3. The van der Waals surface area contributed by atoms with Gasteiger partial charge in [0.15, 0.2) is 0 Å². The maximum absolute atomic E-state index is 13.7. The van der Waals surface area contributed by atoms with Crippen molar-refractivity contribution in [1.82, 2.24) is 0 Å². The summed E-state index contributed by atoms with van der Waals surface area (Å²) in [6.45, 7) is 2.56. The SMILES string of the molecule is COc1ccc(C)cc1S(=O)(=O)N(CC(=O)Nc1ccc(Cl)cc1C)c1cccc(C(F)(F)F)c1. The van der Waals surface area contributed by atoms with Crippen LogP contribution in [-0.4, -0.2) is 28.0 Å². The first-order chi connectivity index (χ1) is 16.3. The Balaban J connectivity index is 2.09. The molecule has 3 rings (SSSR count). The second-order valence-electron chi connectivity index (χ2n) is 7.72. The average molecular weight is 527 g/mol. The lowest BCUT2D eigenvalue weighted by Crippen LogP contribution is -2.38. The highest BCUT2D eigenvalue weighted by Crippen LogP contribution is 2.35. The highest BCUT2D eigenvalue weighted by molar-refractivity contribution is 7.93. The number of amides is 1. The molecule has 0 saturated heterocycles. The Kier molecular flexibility index (Phi) is 7.66. The van der Waals surface area contributed by atoms with Gasteiger partial charge in [-0.25, -0.2) is 8.42 Å². The van der Waals surface area contributed by atoms with Crippen LogP contribution in [0.25, 0.3) is 0 Å². The van der Waals surface area contributed by atoms with Crippen LogP contribution in [0.3, 0.4) is 0 Å². The second kappa shape index (κ2) is 10.2. The molecular formula is C24H22ClF3N2O4S. The van der Waals surface area contributed by atoms with Crippen molar-refractivity contribution >= 4 is 38.9 Å². The lowest BCUT2D eigenvalue weighted by atomic mass is 10.2. The zero-order chi connectivity index (χ0) is 26.0. The Labute approximate surface area is 206 Å². The first-order valence-corrected chi connectivity index (χ1v) is 12.1. The number of nitrogens with one attached hydrogen (secondary N) is 1. The molecule has 0 aliphatic carbocycles. The molecule has 0 unspecified atom stereocenters. The number of alkyl halides is 3. The lowest BCUT2D eigenvalue weighted by molar-refractivity contribution is -0.137. The van der Waals surface area contributed by atoms with Crippen LogP contribution in [0.1, 0.15) is 16.7 Å². The fraction of sp³-hybridized carbons (Fsp3) is 0.208. The molecule has 3 aromatic carbocycles. The highest BCUT2D eigenvalue weighted by atomic mass is 35.5. The molecule has 11 heteroatoms. The number of hydrogen-bond donors (Lipinski definition) is 1. The third kappa shape index (κ3) is 6.07. The summed E-state index contributed by atoms with van der Waals surface area (Å²) in [5.41, 5.74) is 0.204. The van der Waals surface area contributed by atoms with Crippen molar-refractivity contribution in [3.05, 3.63) is 82.4 Å². The number of ether oxygens (including phenoxy) is 1. The smallest absolute Gasteiger partial charge is 0.416 e. The van der Waals surface area contributed by atoms with Crippen molar-refractivity contribution in [1.29, 1.82) is 0 Å². The van der Waals surface area contributed by atoms with E-state index in [4.69, 9.17) is 16.3 Å². The Bertz CT molecular complexity index is 1360. The number of halogens is 4. The van der Waals surface area contributed by atoms with E-state index < -0.39 is 34.2 Å². The molecule has 0 saturated carbocycles. The zero-order valence-corrected chi connectivity index (χ0v) is 20.6. The maximum atomic E-state index is 13.7. The summed E-state index contributed by atoms with van der Waals surface area (Å²) >= 11 is 5.93. The van der Waals surface area contributed by atoms with Gasteiger partial charge in [0.25, 0.3) is 10.0 Å². The summed E-state index contributed by atoms with van der Waals surface area (Å²) in [6, 6.07) is 12.9. The number of carbonyl (C=O) groups excluding carboxylic acids is 1. The standard InChI is InChI=1S/C24H22ClF3N2O4S/c1-15-7-10-21(34-3)22(11-15)35(32,33)30(19-6-4-5-17(13-19)24(26,27)28)14-23(31)29-20-9-8-18(25)12-16(20)2/h4-13H,14H2,1-3H3,(H,29,31). The largest absolute Gasteiger partial charge is 0.495 e. The number of benzene rings is 3. The van der Waals surface area contributed by atoms with Crippen molar-refractivity contribution in [2.45, 2.75) is 24.9 Å². The molecule has 0 aliphatic heterocycles. The quantitative estimate of drug-likeness (QED) is 0.421. The Morgan fingerprint density at radius 2 is 1.77 bits per heavy atom. The van der Waals surface area contributed by atoms with E-state index in [-0.39, 0.29) is 16.3 Å². The molecule has 0 radical (unpaired) electrons. The first kappa shape index (κ1) is 26.4. The van der Waals surface area contributed by atoms with Crippen LogP contribution in [0.5, 0.6) is 5.75 Å². The fourth-order valence-electron chi connectivity index (χ4n) is 3.34. The van der Waals surface area contributed by atoms with E-state index in [0.717, 1.165) is 12.1 Å². The van der Waals surface area contributed by atoms with Gasteiger partial charge in [-0.05, 0) is 73.5 Å². The summed E-state index contributed by atoms with van der Waals surface area (Å²) in [6.07, 6.45) is -4.71. The minimum absolute atomic E-state index is 0.0125. The van der Waals surface area contributed by atoms with Gasteiger partial charge in [0.05, 0.1) is 18.4 Å². The number of nitrogens with zero attached hydrogens (tertiary/aromatic N) is 1. The molecule has 0 aromatic heterocycles. The number of hydrogen-bond acceptors (Lipinski definition) is 4. The van der Waals surface area contributed by atoms with Gasteiger partial charge in [0.1, 0.15) is 17.2 Å². The molecule has 35 heavy (non-hydrogen) atoms. The second-order valence-corrected chi connectivity index (χ2v) is 9.99. The van der Waals surface area contributed by atoms with Gasteiger partial charge in [0.2, 0.25) is 5.91 Å². The van der Waals surface area contributed by atoms with Gasteiger partial charge in [-0.1, -0.05) is 23.7 Å². The number of sulfonamides is 1. The zero-order valence-electron chi connectivity index (χ0n) is 19.0. The van der Waals surface area contributed by atoms with Crippen molar-refractivity contribution in [3.8, 4) is 5.75 Å². The number of anilines is 2. The number of carbonyl (C=O) groups is 1. The predicted molar refractivity (Wildman–Crippen MR) is 129 cm³/mol. The third-order valence-electron chi connectivity index (χ3n) is 5.10. The summed E-state index contributed by atoms with van der Waals surface area (Å²) in [7, 11) is -3.25. The van der Waals surface area contributed by atoms with Gasteiger partial charge < -0.3 is 10.1 Å². The minimum Gasteiger partial charge on any atom is -0.495 e. The van der Waals surface area contributed by atoms with Crippen LogP contribution in [-0.2, 0) is 21.0 Å². The van der Waals surface area contributed by atoms with Gasteiger partial charge in [0, 0.05) is 10.7 Å². The highest BCUT2D eigenvalue weighted by Gasteiger charge is 2.34. The van der Waals surface area contributed by atoms with Crippen LogP contribution >= 0.6 is 11.6 Å². The van der Waals surface area contributed by atoms with Crippen LogP contribution in [0.4, 0.5) is 24.5 Å². The molecule has 1 amide bonds. The fourth-order valence-corrected chi connectivity index (χ4v) is 5.23. The Morgan fingerprint density at radius 3 is 2.40 bits per heavy atom. The number of aryl methyl sites for hydroxylation is 2. The van der Waals surface area contributed by atoms with Crippen molar-refractivity contribution in [2.24, 2.45) is 0 Å². The minimum atomic E-state index is -4.71. The average Bonchev–Trinajstić information content (AvgIpc) is 2.78. The van der Waals surface area contributed by atoms with Crippen LogP contribution in [0.15, 0.2) is 65.6 Å².